The van der Waals surface area contributed by atoms with E-state index in [9.17, 15) is 22.3 Å². The number of hydrogen-bond acceptors (Lipinski definition) is 7. The topological polar surface area (TPSA) is 116 Å². The van der Waals surface area contributed by atoms with Gasteiger partial charge in [0.15, 0.2) is 5.60 Å². The summed E-state index contributed by atoms with van der Waals surface area (Å²) < 4.78 is 60.5. The average molecular weight is 324 g/mol. The fourth-order valence-corrected chi connectivity index (χ4v) is 7.93. The summed E-state index contributed by atoms with van der Waals surface area (Å²) >= 11 is 0. The molecule has 0 aromatic heterocycles. The predicted octanol–water partition coefficient (Wildman–Crippen LogP) is 0.882. The zero-order valence-electron chi connectivity index (χ0n) is 10.9. The molecule has 2 saturated carbocycles. The van der Waals surface area contributed by atoms with Crippen LogP contribution in [0.5, 0.6) is 0 Å². The molecular weight excluding hydrogens is 311 g/mol. The van der Waals surface area contributed by atoms with E-state index in [0.29, 0.717) is 0 Å². The van der Waals surface area contributed by atoms with Crippen LogP contribution in [-0.4, -0.2) is 35.4 Å². The number of fused-ring (bicyclic) bond motifs is 1. The molecule has 10 heteroatoms. The number of carbonyl (C=O) groups is 1. The van der Waals surface area contributed by atoms with Crippen molar-refractivity contribution in [3.05, 3.63) is 0 Å². The van der Waals surface area contributed by atoms with Crippen LogP contribution < -0.4 is 0 Å². The summed E-state index contributed by atoms with van der Waals surface area (Å²) in [5, 5.41) is -1.41. The zero-order chi connectivity index (χ0) is 15.0. The van der Waals surface area contributed by atoms with E-state index in [1.807, 2.05) is 0 Å². The number of phosphoric acid groups is 1. The maximum absolute atomic E-state index is 12.6. The molecule has 3 aliphatic heterocycles. The fraction of sp³-hybridized carbons (Fsp3) is 0.900. The number of hydrogen-bond donors (Lipinski definition) is 1. The highest BCUT2D eigenvalue weighted by atomic mass is 32.2. The van der Waals surface area contributed by atoms with Crippen molar-refractivity contribution in [2.24, 2.45) is 10.8 Å². The summed E-state index contributed by atoms with van der Waals surface area (Å²) in [6, 6.07) is 0. The fourth-order valence-electron chi connectivity index (χ4n) is 4.42. The first-order valence-electron chi connectivity index (χ1n) is 6.10. The molecule has 0 aromatic rings. The third-order valence-corrected chi connectivity index (χ3v) is 8.43. The van der Waals surface area contributed by atoms with Crippen molar-refractivity contribution in [2.45, 2.75) is 43.8 Å². The van der Waals surface area contributed by atoms with Gasteiger partial charge < -0.3 is 0 Å². The third-order valence-electron chi connectivity index (χ3n) is 5.74. The van der Waals surface area contributed by atoms with Crippen molar-refractivity contribution in [3.63, 3.8) is 0 Å². The number of Topliss-reactive ketones (excluding diaryl/α,β-unsaturated/α-hetero) is 1. The lowest BCUT2D eigenvalue weighted by atomic mass is 9.69. The molecule has 2 aliphatic carbocycles. The van der Waals surface area contributed by atoms with Gasteiger partial charge in [0.2, 0.25) is 5.78 Å². The summed E-state index contributed by atoms with van der Waals surface area (Å²) in [6.07, 6.45) is -0.119. The molecule has 112 valence electrons. The van der Waals surface area contributed by atoms with Gasteiger partial charge in [-0.1, -0.05) is 20.8 Å². The lowest BCUT2D eigenvalue weighted by molar-refractivity contribution is -0.211. The first-order chi connectivity index (χ1) is 8.87. The Hall–Kier alpha value is -0.310. The Morgan fingerprint density at radius 3 is 2.30 bits per heavy atom. The van der Waals surface area contributed by atoms with Gasteiger partial charge in [-0.15, -0.1) is 0 Å². The molecule has 5 fully saturated rings. The molecule has 0 aromatic carbocycles. The zero-order valence-corrected chi connectivity index (χ0v) is 12.7. The van der Waals surface area contributed by atoms with Crippen molar-refractivity contribution in [2.75, 3.05) is 0 Å². The molecular formula is C10H13O8PS. The molecule has 3 saturated heterocycles. The van der Waals surface area contributed by atoms with Gasteiger partial charge >= 0.3 is 7.82 Å². The normalized spacial score (nSPS) is 58.6. The number of ketones is 1. The van der Waals surface area contributed by atoms with Gasteiger partial charge in [-0.05, 0) is 6.42 Å². The second-order valence-corrected chi connectivity index (χ2v) is 9.61. The van der Waals surface area contributed by atoms with Crippen LogP contribution in [0.1, 0.15) is 27.2 Å². The van der Waals surface area contributed by atoms with E-state index in [1.165, 1.54) is 0 Å². The predicted molar refractivity (Wildman–Crippen MR) is 63.2 cm³/mol. The molecule has 3 heterocycles. The van der Waals surface area contributed by atoms with E-state index in [2.05, 4.69) is 0 Å². The highest BCUT2D eigenvalue weighted by molar-refractivity contribution is 7.86. The van der Waals surface area contributed by atoms with Gasteiger partial charge in [0, 0.05) is 10.8 Å². The number of phosphoric ester groups is 1. The van der Waals surface area contributed by atoms with E-state index in [4.69, 9.17) is 13.6 Å². The number of rotatable bonds is 1. The van der Waals surface area contributed by atoms with Crippen molar-refractivity contribution in [1.82, 2.24) is 0 Å². The second-order valence-electron chi connectivity index (χ2n) is 6.57. The molecule has 3 unspecified atom stereocenters. The van der Waals surface area contributed by atoms with Gasteiger partial charge in [0.1, 0.15) is 5.25 Å². The van der Waals surface area contributed by atoms with Crippen LogP contribution in [-0.2, 0) is 33.0 Å². The van der Waals surface area contributed by atoms with E-state index >= 15 is 0 Å². The van der Waals surface area contributed by atoms with Crippen LogP contribution in [0.15, 0.2) is 0 Å². The lowest BCUT2D eigenvalue weighted by Gasteiger charge is -2.41. The Morgan fingerprint density at radius 1 is 1.25 bits per heavy atom. The van der Waals surface area contributed by atoms with Gasteiger partial charge in [-0.2, -0.15) is 8.42 Å². The Balaban J connectivity index is 2.08. The molecule has 8 nitrogen and oxygen atoms in total. The van der Waals surface area contributed by atoms with Crippen molar-refractivity contribution < 1.29 is 35.9 Å². The van der Waals surface area contributed by atoms with Crippen molar-refractivity contribution >= 4 is 23.7 Å². The summed E-state index contributed by atoms with van der Waals surface area (Å²) in [5.41, 5.74) is -3.89. The summed E-state index contributed by atoms with van der Waals surface area (Å²) in [7, 11) is -8.42. The highest BCUT2D eigenvalue weighted by Gasteiger charge is 2.99. The third kappa shape index (κ3) is 0.907. The Morgan fingerprint density at radius 2 is 1.80 bits per heavy atom. The van der Waals surface area contributed by atoms with Crippen molar-refractivity contribution in [1.29, 1.82) is 0 Å². The second kappa shape index (κ2) is 2.80. The van der Waals surface area contributed by atoms with Crippen LogP contribution in [0.3, 0.4) is 0 Å². The van der Waals surface area contributed by atoms with Crippen LogP contribution in [0, 0.1) is 10.8 Å². The van der Waals surface area contributed by atoms with E-state index in [0.717, 1.165) is 0 Å². The van der Waals surface area contributed by atoms with E-state index < -0.39 is 51.2 Å². The average Bonchev–Trinajstić information content (AvgIpc) is 2.76. The van der Waals surface area contributed by atoms with Crippen LogP contribution in [0.4, 0.5) is 0 Å². The molecule has 0 radical (unpaired) electrons. The Bertz CT molecular complexity index is 716. The smallest absolute Gasteiger partial charge is 0.293 e. The Kier molecular flexibility index (Phi) is 1.87. The largest absolute Gasteiger partial charge is 0.481 e. The molecule has 5 rings (SSSR count). The first-order valence-corrected chi connectivity index (χ1v) is 9.06. The van der Waals surface area contributed by atoms with Gasteiger partial charge in [0.05, 0.1) is 0 Å². The van der Waals surface area contributed by atoms with Crippen LogP contribution >= 0.6 is 7.82 Å². The molecule has 3 atom stereocenters. The monoisotopic (exact) mass is 324 g/mol. The quantitative estimate of drug-likeness (QED) is 0.558. The van der Waals surface area contributed by atoms with Gasteiger partial charge in [-0.3, -0.25) is 13.9 Å². The van der Waals surface area contributed by atoms with E-state index in [1.54, 1.807) is 20.8 Å². The Labute approximate surface area is 115 Å². The van der Waals surface area contributed by atoms with Gasteiger partial charge in [0.25, 0.3) is 15.9 Å². The SMILES string of the molecule is CC12CC(S(=O)(=O)O)C3(OP4(=O)OC3(O4)C1=O)C2(C)C. The minimum absolute atomic E-state index is 0.119. The molecule has 1 N–H and O–H groups in total. The minimum Gasteiger partial charge on any atom is -0.293 e. The summed E-state index contributed by atoms with van der Waals surface area (Å²) in [5.74, 6) is -2.45. The summed E-state index contributed by atoms with van der Waals surface area (Å²) in [4.78, 5) is 12.6. The van der Waals surface area contributed by atoms with Crippen molar-refractivity contribution in [3.8, 4) is 0 Å². The van der Waals surface area contributed by atoms with Crippen LogP contribution in [0.25, 0.3) is 0 Å². The lowest BCUT2D eigenvalue weighted by Crippen LogP contribution is -2.65. The van der Waals surface area contributed by atoms with E-state index in [-0.39, 0.29) is 6.42 Å². The highest BCUT2D eigenvalue weighted by Crippen LogP contribution is 2.90. The molecule has 20 heavy (non-hydrogen) atoms. The molecule has 0 amide bonds. The maximum Gasteiger partial charge on any atom is 0.481 e. The molecule has 5 aliphatic rings. The molecule has 4 bridgehead atoms. The number of carbonyl (C=O) groups excluding carboxylic acids is 1. The first kappa shape index (κ1) is 13.4. The summed E-state index contributed by atoms with van der Waals surface area (Å²) in [6.45, 7) is 4.88. The maximum atomic E-state index is 12.6. The minimum atomic E-state index is -4.53. The van der Waals surface area contributed by atoms with Crippen LogP contribution in [0.2, 0.25) is 0 Å². The standard InChI is InChI=1S/C10H13O8PS/c1-7(2)8(3)4-5(20(13,14)15)9(7)10(6(8)11)17-19(12,16-9)18-10/h5H,4H2,1-3H3,(H,13,14,15). The molecule has 2 spiro atoms. The van der Waals surface area contributed by atoms with Gasteiger partial charge in [-0.25, -0.2) is 13.6 Å².